The summed E-state index contributed by atoms with van der Waals surface area (Å²) in [6.45, 7) is 8.45. The molecule has 0 aromatic rings. The summed E-state index contributed by atoms with van der Waals surface area (Å²) in [5.74, 6) is 0.462. The molecule has 1 aliphatic rings. The van der Waals surface area contributed by atoms with Crippen molar-refractivity contribution < 1.29 is 5.11 Å². The predicted molar refractivity (Wildman–Crippen MR) is 55.7 cm³/mol. The lowest BCUT2D eigenvalue weighted by Crippen LogP contribution is -2.49. The standard InChI is InChI=1S/C11H23NO/c1-5-11(4,13)10-6-8(2)12-9(3)7-10/h8-10,12-13H,5-7H2,1-4H3. The minimum absolute atomic E-state index is 0.462. The highest BCUT2D eigenvalue weighted by Crippen LogP contribution is 2.32. The number of hydrogen-bond acceptors (Lipinski definition) is 2. The van der Waals surface area contributed by atoms with Gasteiger partial charge in [0.15, 0.2) is 0 Å². The Hall–Kier alpha value is -0.0800. The van der Waals surface area contributed by atoms with E-state index in [9.17, 15) is 5.11 Å². The first-order chi connectivity index (χ1) is 5.95. The van der Waals surface area contributed by atoms with Crippen LogP contribution in [0.4, 0.5) is 0 Å². The first-order valence-electron chi connectivity index (χ1n) is 5.44. The van der Waals surface area contributed by atoms with Crippen LogP contribution in [0.5, 0.6) is 0 Å². The molecule has 0 spiro atoms. The number of aliphatic hydroxyl groups is 1. The highest BCUT2D eigenvalue weighted by atomic mass is 16.3. The average Bonchev–Trinajstić information content (AvgIpc) is 2.02. The molecule has 0 aliphatic carbocycles. The van der Waals surface area contributed by atoms with E-state index in [1.807, 2.05) is 6.92 Å². The minimum Gasteiger partial charge on any atom is -0.390 e. The van der Waals surface area contributed by atoms with Gasteiger partial charge < -0.3 is 10.4 Å². The van der Waals surface area contributed by atoms with E-state index in [1.165, 1.54) is 0 Å². The maximum atomic E-state index is 10.2. The quantitative estimate of drug-likeness (QED) is 0.689. The molecule has 1 heterocycles. The van der Waals surface area contributed by atoms with E-state index in [1.54, 1.807) is 0 Å². The molecule has 0 aromatic heterocycles. The van der Waals surface area contributed by atoms with Gasteiger partial charge >= 0.3 is 0 Å². The second kappa shape index (κ2) is 3.97. The Bertz CT molecular complexity index is 157. The smallest absolute Gasteiger partial charge is 0.0646 e. The van der Waals surface area contributed by atoms with Gasteiger partial charge in [-0.3, -0.25) is 0 Å². The van der Waals surface area contributed by atoms with Gasteiger partial charge in [-0.25, -0.2) is 0 Å². The van der Waals surface area contributed by atoms with Crippen LogP contribution in [0.15, 0.2) is 0 Å². The fraction of sp³-hybridized carbons (Fsp3) is 1.00. The van der Waals surface area contributed by atoms with Crippen LogP contribution >= 0.6 is 0 Å². The summed E-state index contributed by atoms with van der Waals surface area (Å²) in [6.07, 6.45) is 3.06. The molecular weight excluding hydrogens is 162 g/mol. The molecule has 13 heavy (non-hydrogen) atoms. The highest BCUT2D eigenvalue weighted by molar-refractivity contribution is 4.90. The SMILES string of the molecule is CCC(C)(O)C1CC(C)NC(C)C1. The first-order valence-corrected chi connectivity index (χ1v) is 5.44. The van der Waals surface area contributed by atoms with Gasteiger partial charge in [-0.2, -0.15) is 0 Å². The molecule has 3 unspecified atom stereocenters. The average molecular weight is 185 g/mol. The van der Waals surface area contributed by atoms with Gasteiger partial charge in [0.25, 0.3) is 0 Å². The van der Waals surface area contributed by atoms with Crippen molar-refractivity contribution in [2.45, 2.75) is 64.6 Å². The van der Waals surface area contributed by atoms with Crippen molar-refractivity contribution >= 4 is 0 Å². The topological polar surface area (TPSA) is 32.3 Å². The van der Waals surface area contributed by atoms with Crippen LogP contribution in [0.3, 0.4) is 0 Å². The molecule has 2 N–H and O–H groups in total. The molecule has 0 amide bonds. The third-order valence-electron chi connectivity index (χ3n) is 3.44. The zero-order valence-corrected chi connectivity index (χ0v) is 9.30. The number of hydrogen-bond donors (Lipinski definition) is 2. The van der Waals surface area contributed by atoms with Crippen LogP contribution < -0.4 is 5.32 Å². The molecule has 3 atom stereocenters. The summed E-state index contributed by atoms with van der Waals surface area (Å²) < 4.78 is 0. The van der Waals surface area contributed by atoms with Crippen molar-refractivity contribution in [1.29, 1.82) is 0 Å². The molecule has 0 bridgehead atoms. The Morgan fingerprint density at radius 2 is 1.77 bits per heavy atom. The Kier molecular flexibility index (Phi) is 3.36. The molecule has 78 valence electrons. The lowest BCUT2D eigenvalue weighted by atomic mass is 9.76. The third-order valence-corrected chi connectivity index (χ3v) is 3.44. The second-order valence-corrected chi connectivity index (χ2v) is 4.85. The minimum atomic E-state index is -0.468. The number of nitrogens with one attached hydrogen (secondary N) is 1. The largest absolute Gasteiger partial charge is 0.390 e. The van der Waals surface area contributed by atoms with Crippen molar-refractivity contribution in [3.8, 4) is 0 Å². The molecule has 2 nitrogen and oxygen atoms in total. The van der Waals surface area contributed by atoms with Crippen LogP contribution in [0.1, 0.15) is 47.0 Å². The van der Waals surface area contributed by atoms with Gasteiger partial charge in [0.05, 0.1) is 5.60 Å². The second-order valence-electron chi connectivity index (χ2n) is 4.85. The van der Waals surface area contributed by atoms with Gasteiger partial charge in [0.1, 0.15) is 0 Å². The lowest BCUT2D eigenvalue weighted by molar-refractivity contribution is -0.0281. The summed E-state index contributed by atoms with van der Waals surface area (Å²) in [6, 6.07) is 1.10. The summed E-state index contributed by atoms with van der Waals surface area (Å²) in [7, 11) is 0. The van der Waals surface area contributed by atoms with Gasteiger partial charge in [-0.05, 0) is 46.0 Å². The van der Waals surface area contributed by atoms with Gasteiger partial charge in [-0.1, -0.05) is 6.92 Å². The fourth-order valence-electron chi connectivity index (χ4n) is 2.37. The molecule has 0 radical (unpaired) electrons. The van der Waals surface area contributed by atoms with Crippen molar-refractivity contribution in [3.63, 3.8) is 0 Å². The molecule has 0 aromatic carbocycles. The van der Waals surface area contributed by atoms with E-state index in [0.29, 0.717) is 18.0 Å². The van der Waals surface area contributed by atoms with E-state index in [4.69, 9.17) is 0 Å². The van der Waals surface area contributed by atoms with Crippen molar-refractivity contribution in [2.24, 2.45) is 5.92 Å². The molecule has 1 fully saturated rings. The van der Waals surface area contributed by atoms with E-state index in [2.05, 4.69) is 26.1 Å². The maximum absolute atomic E-state index is 10.2. The van der Waals surface area contributed by atoms with Gasteiger partial charge in [0.2, 0.25) is 0 Å². The van der Waals surface area contributed by atoms with E-state index in [-0.39, 0.29) is 0 Å². The molecular formula is C11H23NO. The van der Waals surface area contributed by atoms with Crippen molar-refractivity contribution in [1.82, 2.24) is 5.32 Å². The summed E-state index contributed by atoms with van der Waals surface area (Å²) in [5, 5.41) is 13.6. The number of piperidine rings is 1. The summed E-state index contributed by atoms with van der Waals surface area (Å²) in [5.41, 5.74) is -0.468. The molecule has 1 saturated heterocycles. The predicted octanol–water partition coefficient (Wildman–Crippen LogP) is 1.92. The summed E-state index contributed by atoms with van der Waals surface area (Å²) in [4.78, 5) is 0. The fourth-order valence-corrected chi connectivity index (χ4v) is 2.37. The van der Waals surface area contributed by atoms with E-state index < -0.39 is 5.60 Å². The molecule has 1 rings (SSSR count). The van der Waals surface area contributed by atoms with Crippen LogP contribution in [0.25, 0.3) is 0 Å². The third kappa shape index (κ3) is 2.68. The number of rotatable bonds is 2. The van der Waals surface area contributed by atoms with Crippen molar-refractivity contribution in [3.05, 3.63) is 0 Å². The van der Waals surface area contributed by atoms with Crippen LogP contribution in [-0.2, 0) is 0 Å². The Balaban J connectivity index is 2.59. The zero-order chi connectivity index (χ0) is 10.1. The van der Waals surface area contributed by atoms with E-state index >= 15 is 0 Å². The molecule has 0 saturated carbocycles. The first kappa shape index (κ1) is 11.0. The van der Waals surface area contributed by atoms with E-state index in [0.717, 1.165) is 19.3 Å². The van der Waals surface area contributed by atoms with Gasteiger partial charge in [-0.15, -0.1) is 0 Å². The lowest BCUT2D eigenvalue weighted by Gasteiger charge is -2.40. The normalized spacial score (nSPS) is 39.9. The van der Waals surface area contributed by atoms with Crippen LogP contribution in [0.2, 0.25) is 0 Å². The maximum Gasteiger partial charge on any atom is 0.0646 e. The van der Waals surface area contributed by atoms with Crippen molar-refractivity contribution in [2.75, 3.05) is 0 Å². The van der Waals surface area contributed by atoms with Gasteiger partial charge in [0, 0.05) is 12.1 Å². The Morgan fingerprint density at radius 1 is 1.31 bits per heavy atom. The van der Waals surface area contributed by atoms with Crippen LogP contribution in [-0.4, -0.2) is 22.8 Å². The Morgan fingerprint density at radius 3 is 2.15 bits per heavy atom. The Labute approximate surface area is 81.7 Å². The zero-order valence-electron chi connectivity index (χ0n) is 9.30. The summed E-state index contributed by atoms with van der Waals surface area (Å²) >= 11 is 0. The monoisotopic (exact) mass is 185 g/mol. The van der Waals surface area contributed by atoms with Crippen LogP contribution in [0, 0.1) is 5.92 Å². The highest BCUT2D eigenvalue weighted by Gasteiger charge is 2.35. The molecule has 1 aliphatic heterocycles. The molecule has 2 heteroatoms.